The fourth-order valence-corrected chi connectivity index (χ4v) is 0.707. The Kier molecular flexibility index (Phi) is 3.52. The van der Waals surface area contributed by atoms with Gasteiger partial charge in [-0.25, -0.2) is 0 Å². The van der Waals surface area contributed by atoms with Crippen molar-refractivity contribution in [2.45, 2.75) is 0 Å². The average Bonchev–Trinajstić information content (AvgIpc) is 2.20. The molecule has 1 aliphatic heterocycles. The summed E-state index contributed by atoms with van der Waals surface area (Å²) in [6, 6.07) is 0. The van der Waals surface area contributed by atoms with E-state index in [4.69, 9.17) is 9.79 Å². The molecule has 0 spiro atoms. The summed E-state index contributed by atoms with van der Waals surface area (Å²) in [5.41, 5.74) is 0. The van der Waals surface area contributed by atoms with E-state index in [2.05, 4.69) is 13.7 Å². The van der Waals surface area contributed by atoms with Crippen LogP contribution < -0.4 is 0 Å². The first-order chi connectivity index (χ1) is 3.05. The number of hydrogen-bond acceptors (Lipinski definition) is 5. The van der Waals surface area contributed by atoms with E-state index in [1.807, 2.05) is 0 Å². The average molecular weight is 186 g/mol. The Balaban J connectivity index is 0.000000490. The van der Waals surface area contributed by atoms with Crippen LogP contribution in [0.1, 0.15) is 0 Å². The molecule has 0 aromatic heterocycles. The van der Waals surface area contributed by atoms with Gasteiger partial charge in [0.05, 0.1) is 0 Å². The van der Waals surface area contributed by atoms with Crippen molar-refractivity contribution in [3.05, 3.63) is 0 Å². The van der Waals surface area contributed by atoms with Crippen LogP contribution in [0.5, 0.6) is 0 Å². The molecule has 1 fully saturated rings. The van der Waals surface area contributed by atoms with Crippen molar-refractivity contribution in [1.29, 1.82) is 0 Å². The number of hydrogen-bond donors (Lipinski definition) is 2. The maximum atomic E-state index is 8.40. The Morgan fingerprint density at radius 3 is 1.75 bits per heavy atom. The molecule has 0 saturated carbocycles. The molecule has 1 atom stereocenters. The van der Waals surface area contributed by atoms with Crippen LogP contribution in [-0.2, 0) is 13.7 Å². The third-order valence-corrected chi connectivity index (χ3v) is 2.43. The Bertz CT molecular complexity index is 92.6. The quantitative estimate of drug-likeness (QED) is 0.243. The van der Waals surface area contributed by atoms with Crippen molar-refractivity contribution >= 4 is 68.6 Å². The second kappa shape index (κ2) is 2.73. The van der Waals surface area contributed by atoms with Gasteiger partial charge in [-0.2, -0.15) is 0 Å². The van der Waals surface area contributed by atoms with Crippen LogP contribution in [0.15, 0.2) is 0 Å². The summed E-state index contributed by atoms with van der Waals surface area (Å²) in [5, 5.41) is 0. The summed E-state index contributed by atoms with van der Waals surface area (Å²) in [4.78, 5) is 16.8. The molecule has 46 valence electrons. The third kappa shape index (κ3) is 2.50. The van der Waals surface area contributed by atoms with Crippen LogP contribution in [0.2, 0.25) is 0 Å². The molecular formula is H5KO5P2. The van der Waals surface area contributed by atoms with E-state index in [9.17, 15) is 0 Å². The zero-order chi connectivity index (χ0) is 5.57. The van der Waals surface area contributed by atoms with Crippen molar-refractivity contribution < 1.29 is 23.4 Å². The molecule has 0 radical (unpaired) electrons. The zero-order valence-electron chi connectivity index (χ0n) is 3.14. The summed E-state index contributed by atoms with van der Waals surface area (Å²) in [6.45, 7) is 0. The van der Waals surface area contributed by atoms with Crippen LogP contribution in [0, 0.1) is 0 Å². The first-order valence-corrected chi connectivity index (χ1v) is 3.72. The van der Waals surface area contributed by atoms with E-state index in [1.54, 1.807) is 9.47 Å². The predicted molar refractivity (Wildman–Crippen MR) is 31.5 cm³/mol. The molecule has 5 nitrogen and oxygen atoms in total. The first kappa shape index (κ1) is 10.3. The molecule has 1 heterocycles. The van der Waals surface area contributed by atoms with Gasteiger partial charge in [0.25, 0.3) is 0 Å². The van der Waals surface area contributed by atoms with Gasteiger partial charge in [0.1, 0.15) is 0 Å². The standard InChI is InChI=1S/K.H4O5P2.H/c;1-7(2,5-6)3-4-7;/h;1-2H,6H2;. The zero-order valence-corrected chi connectivity index (χ0v) is 5.19. The Hall–Kier alpha value is 2.30. The first-order valence-electron chi connectivity index (χ1n) is 1.35. The molecular weight excluding hydrogens is 181 g/mol. The molecule has 0 aromatic carbocycles. The molecule has 0 aliphatic carbocycles. The molecule has 1 unspecified atom stereocenters. The van der Waals surface area contributed by atoms with Crippen molar-refractivity contribution in [3.8, 4) is 0 Å². The van der Waals surface area contributed by atoms with Crippen molar-refractivity contribution in [2.75, 3.05) is 0 Å². The predicted octanol–water partition coefficient (Wildman–Crippen LogP) is -0.781. The summed E-state index contributed by atoms with van der Waals surface area (Å²) in [7, 11) is -2.74. The normalized spacial score (nSPS) is 33.6. The Labute approximate surface area is 90.7 Å². The topological polar surface area (TPSA) is 74.8 Å². The second-order valence-electron chi connectivity index (χ2n) is 1.06. The van der Waals surface area contributed by atoms with E-state index in [0.717, 1.165) is 0 Å². The van der Waals surface area contributed by atoms with Crippen LogP contribution in [0.25, 0.3) is 0 Å². The van der Waals surface area contributed by atoms with Crippen LogP contribution in [0.4, 0.5) is 0 Å². The fourth-order valence-electron chi connectivity index (χ4n) is 0.0786. The van der Waals surface area contributed by atoms with E-state index in [0.29, 0.717) is 0 Å². The minimum atomic E-state index is -4.36. The van der Waals surface area contributed by atoms with Gasteiger partial charge in [-0.1, -0.05) is 0 Å². The van der Waals surface area contributed by atoms with Crippen LogP contribution in [0.3, 0.4) is 0 Å². The van der Waals surface area contributed by atoms with E-state index in [1.165, 1.54) is 0 Å². The van der Waals surface area contributed by atoms with Gasteiger partial charge < -0.3 is 0 Å². The van der Waals surface area contributed by atoms with Gasteiger partial charge in [-0.15, -0.1) is 0 Å². The van der Waals surface area contributed by atoms with E-state index < -0.39 is 7.74 Å². The summed E-state index contributed by atoms with van der Waals surface area (Å²) in [5.74, 6) is 0. The van der Waals surface area contributed by atoms with Gasteiger partial charge in [-0.05, 0) is 0 Å². The Morgan fingerprint density at radius 2 is 1.75 bits per heavy atom. The molecule has 1 rings (SSSR count). The second-order valence-corrected chi connectivity index (χ2v) is 3.80. The van der Waals surface area contributed by atoms with Gasteiger partial charge in [0, 0.05) is 0 Å². The third-order valence-electron chi connectivity index (χ3n) is 0.449. The summed E-state index contributed by atoms with van der Waals surface area (Å²) < 4.78 is 11.4. The van der Waals surface area contributed by atoms with E-state index >= 15 is 0 Å². The SMILES string of the molecule is OP1(O)(OP)OO1.[KH]. The van der Waals surface area contributed by atoms with Gasteiger partial charge in [0.2, 0.25) is 0 Å². The van der Waals surface area contributed by atoms with Crippen molar-refractivity contribution in [2.24, 2.45) is 0 Å². The molecule has 1 saturated heterocycles. The molecule has 2 N–H and O–H groups in total. The van der Waals surface area contributed by atoms with Crippen molar-refractivity contribution in [3.63, 3.8) is 0 Å². The van der Waals surface area contributed by atoms with Gasteiger partial charge in [0.15, 0.2) is 0 Å². The molecule has 0 amide bonds. The van der Waals surface area contributed by atoms with Gasteiger partial charge >= 0.3 is 92.0 Å². The summed E-state index contributed by atoms with van der Waals surface area (Å²) >= 11 is 0. The van der Waals surface area contributed by atoms with Gasteiger partial charge in [-0.3, -0.25) is 0 Å². The molecule has 0 bridgehead atoms. The fraction of sp³-hybridized carbons (Fsp3) is 0. The minimum absolute atomic E-state index is 0. The molecule has 0 aromatic rings. The van der Waals surface area contributed by atoms with Crippen LogP contribution >= 0.6 is 17.2 Å². The Morgan fingerprint density at radius 1 is 1.38 bits per heavy atom. The molecule has 8 heteroatoms. The molecule has 1 aliphatic rings. The van der Waals surface area contributed by atoms with Crippen LogP contribution in [-0.4, -0.2) is 61.2 Å². The monoisotopic (exact) mass is 186 g/mol. The molecule has 8 heavy (non-hydrogen) atoms. The summed E-state index contributed by atoms with van der Waals surface area (Å²) in [6.07, 6.45) is 0. The number of rotatable bonds is 1. The van der Waals surface area contributed by atoms with Crippen molar-refractivity contribution in [1.82, 2.24) is 0 Å². The maximum absolute atomic E-state index is 8.40. The van der Waals surface area contributed by atoms with E-state index in [-0.39, 0.29) is 51.4 Å².